The molecule has 3 aromatic carbocycles. The molecule has 6 rings (SSSR count). The summed E-state index contributed by atoms with van der Waals surface area (Å²) in [5.74, 6) is -0.510. The fourth-order valence-electron chi connectivity index (χ4n) is 6.22. The molecule has 0 aliphatic carbocycles. The van der Waals surface area contributed by atoms with Gasteiger partial charge < -0.3 is 15.0 Å². The molecule has 2 aliphatic rings. The molecule has 4 atom stereocenters. The molecule has 36 heavy (non-hydrogen) atoms. The molecule has 0 saturated carbocycles. The zero-order chi connectivity index (χ0) is 24.6. The van der Waals surface area contributed by atoms with Crippen LogP contribution in [0, 0.1) is 5.82 Å². The summed E-state index contributed by atoms with van der Waals surface area (Å²) in [6.07, 6.45) is 2.05. The largest absolute Gasteiger partial charge is 0.468 e. The molecule has 0 radical (unpaired) electrons. The molecule has 0 spiro atoms. The van der Waals surface area contributed by atoms with Crippen LogP contribution in [0.2, 0.25) is 0 Å². The van der Waals surface area contributed by atoms with Crippen molar-refractivity contribution >= 4 is 16.9 Å². The fraction of sp³-hybridized carbons (Fsp3) is 0.300. The Hall–Kier alpha value is -3.48. The van der Waals surface area contributed by atoms with E-state index in [-0.39, 0.29) is 29.9 Å². The number of methoxy groups -OCH3 is 1. The highest BCUT2D eigenvalue weighted by Crippen LogP contribution is 2.49. The number of aromatic amines is 1. The number of esters is 1. The van der Waals surface area contributed by atoms with Crippen molar-refractivity contribution in [3.8, 4) is 0 Å². The highest BCUT2D eigenvalue weighted by molar-refractivity contribution is 5.87. The molecule has 2 aliphatic heterocycles. The lowest BCUT2D eigenvalue weighted by Crippen LogP contribution is -2.55. The first kappa shape index (κ1) is 23.0. The fourth-order valence-corrected chi connectivity index (χ4v) is 6.22. The highest BCUT2D eigenvalue weighted by atomic mass is 19.1. The number of rotatable bonds is 5. The maximum absolute atomic E-state index is 15.2. The average Bonchev–Trinajstić information content (AvgIpc) is 3.30. The second-order valence-electron chi connectivity index (χ2n) is 9.84. The lowest BCUT2D eigenvalue weighted by atomic mass is 9.79. The quantitative estimate of drug-likeness (QED) is 0.371. The van der Waals surface area contributed by atoms with Gasteiger partial charge in [-0.3, -0.25) is 9.69 Å². The minimum atomic E-state index is -0.480. The van der Waals surface area contributed by atoms with Gasteiger partial charge in [0.15, 0.2) is 0 Å². The highest BCUT2D eigenvalue weighted by Gasteiger charge is 2.48. The minimum absolute atomic E-state index is 0.0723. The van der Waals surface area contributed by atoms with E-state index in [1.165, 1.54) is 24.3 Å². The third kappa shape index (κ3) is 4.00. The van der Waals surface area contributed by atoms with E-state index in [0.717, 1.165) is 29.6 Å². The monoisotopic (exact) mass is 483 g/mol. The average molecular weight is 484 g/mol. The van der Waals surface area contributed by atoms with Crippen LogP contribution in [0.1, 0.15) is 47.3 Å². The lowest BCUT2D eigenvalue weighted by Gasteiger charge is -2.50. The van der Waals surface area contributed by atoms with Crippen LogP contribution in [0.3, 0.4) is 0 Å². The topological polar surface area (TPSA) is 57.4 Å². The van der Waals surface area contributed by atoms with Gasteiger partial charge in [-0.05, 0) is 36.1 Å². The number of H-pyrrole nitrogens is 1. The van der Waals surface area contributed by atoms with E-state index in [4.69, 9.17) is 4.74 Å². The van der Waals surface area contributed by atoms with E-state index in [1.807, 2.05) is 42.5 Å². The smallest absolute Gasteiger partial charge is 0.323 e. The van der Waals surface area contributed by atoms with Crippen LogP contribution >= 0.6 is 0 Å². The van der Waals surface area contributed by atoms with E-state index >= 15 is 4.39 Å². The first-order valence-electron chi connectivity index (χ1n) is 12.6. The first-order chi connectivity index (χ1) is 17.6. The molecule has 4 aromatic rings. The summed E-state index contributed by atoms with van der Waals surface area (Å²) in [7, 11) is 1.44. The second kappa shape index (κ2) is 9.52. The van der Waals surface area contributed by atoms with Gasteiger partial charge in [0.2, 0.25) is 0 Å². The van der Waals surface area contributed by atoms with Gasteiger partial charge in [0.1, 0.15) is 11.9 Å². The van der Waals surface area contributed by atoms with Crippen molar-refractivity contribution in [3.05, 3.63) is 107 Å². The number of hydrogen-bond acceptors (Lipinski definition) is 4. The van der Waals surface area contributed by atoms with E-state index in [9.17, 15) is 4.79 Å². The standard InChI is InChI=1S/C30H30FN3O2/c1-36-30(35)28-17-23-21-11-6-8-14-25(21)33-29(23)27-16-20(32-18-19-9-3-2-4-10-19)15-26(34(27)28)22-12-5-7-13-24(22)31/h2-14,20,26-28,32-33H,15-18H2,1H3/t20-,26-,27+,28-/m0/s1. The predicted molar refractivity (Wildman–Crippen MR) is 138 cm³/mol. The number of ether oxygens (including phenoxy) is 1. The molecular weight excluding hydrogens is 453 g/mol. The molecule has 184 valence electrons. The van der Waals surface area contributed by atoms with Gasteiger partial charge in [-0.15, -0.1) is 0 Å². The molecule has 0 bridgehead atoms. The Morgan fingerprint density at radius 3 is 2.53 bits per heavy atom. The SMILES string of the molecule is COC(=O)[C@@H]1Cc2c([nH]c3ccccc23)[C@H]2C[C@@H](NCc3ccccc3)C[C@@H](c3ccccc3F)N21. The van der Waals surface area contributed by atoms with Crippen molar-refractivity contribution in [2.75, 3.05) is 7.11 Å². The van der Waals surface area contributed by atoms with Gasteiger partial charge in [0, 0.05) is 47.2 Å². The summed E-state index contributed by atoms with van der Waals surface area (Å²) in [5.41, 5.74) is 5.20. The number of hydrogen-bond donors (Lipinski definition) is 2. The second-order valence-corrected chi connectivity index (χ2v) is 9.84. The summed E-state index contributed by atoms with van der Waals surface area (Å²) in [5, 5.41) is 4.88. The Morgan fingerprint density at radius 2 is 1.72 bits per heavy atom. The Bertz CT molecular complexity index is 1390. The lowest BCUT2D eigenvalue weighted by molar-refractivity contribution is -0.152. The number of nitrogens with zero attached hydrogens (tertiary/aromatic N) is 1. The number of benzene rings is 3. The molecule has 3 heterocycles. The van der Waals surface area contributed by atoms with Crippen molar-refractivity contribution in [3.63, 3.8) is 0 Å². The number of carbonyl (C=O) groups is 1. The summed E-state index contributed by atoms with van der Waals surface area (Å²) >= 11 is 0. The first-order valence-corrected chi connectivity index (χ1v) is 12.6. The van der Waals surface area contributed by atoms with Crippen LogP contribution in [-0.2, 0) is 22.5 Å². The minimum Gasteiger partial charge on any atom is -0.468 e. The number of halogens is 1. The van der Waals surface area contributed by atoms with E-state index in [2.05, 4.69) is 39.5 Å². The predicted octanol–water partition coefficient (Wildman–Crippen LogP) is 5.44. The summed E-state index contributed by atoms with van der Waals surface area (Å²) in [6.45, 7) is 0.738. The van der Waals surface area contributed by atoms with E-state index < -0.39 is 6.04 Å². The van der Waals surface area contributed by atoms with Crippen LogP contribution in [0.15, 0.2) is 78.9 Å². The van der Waals surface area contributed by atoms with Gasteiger partial charge in [-0.1, -0.05) is 66.7 Å². The van der Waals surface area contributed by atoms with E-state index in [1.54, 1.807) is 6.07 Å². The third-order valence-electron chi connectivity index (χ3n) is 7.85. The van der Waals surface area contributed by atoms with Gasteiger partial charge in [-0.25, -0.2) is 4.39 Å². The Morgan fingerprint density at radius 1 is 1.00 bits per heavy atom. The molecule has 2 N–H and O–H groups in total. The van der Waals surface area contributed by atoms with Crippen molar-refractivity contribution < 1.29 is 13.9 Å². The molecule has 0 amide bonds. The third-order valence-corrected chi connectivity index (χ3v) is 7.85. The maximum atomic E-state index is 15.2. The number of nitrogens with one attached hydrogen (secondary N) is 2. The van der Waals surface area contributed by atoms with Crippen molar-refractivity contribution in [2.24, 2.45) is 0 Å². The van der Waals surface area contributed by atoms with Crippen LogP contribution < -0.4 is 5.32 Å². The molecule has 5 nitrogen and oxygen atoms in total. The Labute approximate surface area is 210 Å². The van der Waals surface area contributed by atoms with Crippen LogP contribution in [0.25, 0.3) is 10.9 Å². The zero-order valence-electron chi connectivity index (χ0n) is 20.3. The van der Waals surface area contributed by atoms with Crippen LogP contribution in [0.4, 0.5) is 4.39 Å². The molecule has 1 fully saturated rings. The molecule has 6 heteroatoms. The number of piperidine rings is 1. The zero-order valence-corrected chi connectivity index (χ0v) is 20.3. The number of aromatic nitrogens is 1. The molecule has 1 aromatic heterocycles. The summed E-state index contributed by atoms with van der Waals surface area (Å²) < 4.78 is 20.5. The summed E-state index contributed by atoms with van der Waals surface area (Å²) in [4.78, 5) is 19.0. The van der Waals surface area contributed by atoms with Crippen molar-refractivity contribution in [1.82, 2.24) is 15.2 Å². The molecule has 0 unspecified atom stereocenters. The van der Waals surface area contributed by atoms with Crippen molar-refractivity contribution in [1.29, 1.82) is 0 Å². The van der Waals surface area contributed by atoms with Crippen LogP contribution in [0.5, 0.6) is 0 Å². The van der Waals surface area contributed by atoms with E-state index in [0.29, 0.717) is 18.4 Å². The number of fused-ring (bicyclic) bond motifs is 5. The Kier molecular flexibility index (Phi) is 6.07. The van der Waals surface area contributed by atoms with Crippen LogP contribution in [-0.4, -0.2) is 35.0 Å². The van der Waals surface area contributed by atoms with Gasteiger partial charge in [-0.2, -0.15) is 0 Å². The van der Waals surface area contributed by atoms with Gasteiger partial charge >= 0.3 is 5.97 Å². The maximum Gasteiger partial charge on any atom is 0.323 e. The summed E-state index contributed by atoms with van der Waals surface area (Å²) in [6, 6.07) is 24.8. The van der Waals surface area contributed by atoms with Crippen molar-refractivity contribution in [2.45, 2.75) is 50.0 Å². The number of carbonyl (C=O) groups excluding carboxylic acids is 1. The Balaban J connectivity index is 1.44. The van der Waals surface area contributed by atoms with Gasteiger partial charge in [0.05, 0.1) is 13.2 Å². The normalized spacial score (nSPS) is 23.7. The number of para-hydroxylation sites is 1. The molecular formula is C30H30FN3O2. The molecule has 1 saturated heterocycles. The van der Waals surface area contributed by atoms with Gasteiger partial charge in [0.25, 0.3) is 0 Å².